The van der Waals surface area contributed by atoms with Gasteiger partial charge in [0.2, 0.25) is 5.41 Å². The highest BCUT2D eigenvalue weighted by Gasteiger charge is 2.63. The van der Waals surface area contributed by atoms with E-state index in [1.165, 1.54) is 0 Å². The summed E-state index contributed by atoms with van der Waals surface area (Å²) >= 11 is 0. The van der Waals surface area contributed by atoms with E-state index >= 15 is 0 Å². The van der Waals surface area contributed by atoms with Crippen LogP contribution < -0.4 is 0 Å². The first-order chi connectivity index (χ1) is 9.72. The SMILES string of the molecule is CCOC1(OC2CCO2)CCCC[Si]1(OCC)OCC. The molecule has 2 unspecified atom stereocenters. The monoisotopic (exact) mass is 304 g/mol. The lowest BCUT2D eigenvalue weighted by molar-refractivity contribution is -0.323. The minimum atomic E-state index is -2.55. The standard InChI is InChI=1S/C14H28O5Si/c1-4-16-14(19-13-9-11-15-13)10-7-8-12-20(14,17-5-2)18-6-3/h13H,4-12H2,1-3H3. The molecule has 5 nitrogen and oxygen atoms in total. The number of rotatable bonds is 8. The maximum Gasteiger partial charge on any atom is 0.399 e. The molecule has 0 aliphatic carbocycles. The van der Waals surface area contributed by atoms with Crippen LogP contribution in [-0.4, -0.2) is 46.7 Å². The molecule has 0 amide bonds. The second-order valence-corrected chi connectivity index (χ2v) is 8.56. The van der Waals surface area contributed by atoms with Crippen molar-refractivity contribution >= 4 is 8.56 Å². The van der Waals surface area contributed by atoms with Crippen molar-refractivity contribution in [2.24, 2.45) is 0 Å². The van der Waals surface area contributed by atoms with Gasteiger partial charge >= 0.3 is 8.56 Å². The Morgan fingerprint density at radius 1 is 1.10 bits per heavy atom. The average molecular weight is 304 g/mol. The van der Waals surface area contributed by atoms with Gasteiger partial charge in [-0.3, -0.25) is 0 Å². The van der Waals surface area contributed by atoms with Gasteiger partial charge in [0.15, 0.2) is 6.29 Å². The Bertz CT molecular complexity index is 282. The Morgan fingerprint density at radius 3 is 2.30 bits per heavy atom. The fourth-order valence-electron chi connectivity index (χ4n) is 3.09. The van der Waals surface area contributed by atoms with Gasteiger partial charge in [-0.05, 0) is 33.2 Å². The van der Waals surface area contributed by atoms with Crippen LogP contribution in [0.3, 0.4) is 0 Å². The minimum Gasteiger partial charge on any atom is -0.392 e. The van der Waals surface area contributed by atoms with E-state index in [9.17, 15) is 0 Å². The summed E-state index contributed by atoms with van der Waals surface area (Å²) in [6.07, 6.45) is 3.81. The molecule has 0 aromatic heterocycles. The first-order valence-corrected chi connectivity index (χ1v) is 9.95. The molecule has 0 aromatic rings. The maximum absolute atomic E-state index is 6.24. The number of hydrogen-bond donors (Lipinski definition) is 0. The molecule has 2 aliphatic heterocycles. The van der Waals surface area contributed by atoms with E-state index in [2.05, 4.69) is 0 Å². The van der Waals surface area contributed by atoms with Crippen LogP contribution in [0.1, 0.15) is 46.5 Å². The van der Waals surface area contributed by atoms with Crippen molar-refractivity contribution < 1.29 is 23.1 Å². The third-order valence-electron chi connectivity index (χ3n) is 3.95. The van der Waals surface area contributed by atoms with Gasteiger partial charge in [0.1, 0.15) is 0 Å². The number of ether oxygens (including phenoxy) is 3. The Hall–Kier alpha value is 0.0169. The summed E-state index contributed by atoms with van der Waals surface area (Å²) in [5.41, 5.74) is -0.711. The summed E-state index contributed by atoms with van der Waals surface area (Å²) in [7, 11) is -2.55. The molecule has 2 rings (SSSR count). The lowest BCUT2D eigenvalue weighted by atomic mass is 10.2. The lowest BCUT2D eigenvalue weighted by Gasteiger charge is -2.50. The van der Waals surface area contributed by atoms with Gasteiger partial charge in [-0.2, -0.15) is 0 Å². The molecule has 2 fully saturated rings. The molecule has 0 radical (unpaired) electrons. The molecule has 0 aromatic carbocycles. The Morgan fingerprint density at radius 2 is 1.80 bits per heavy atom. The highest BCUT2D eigenvalue weighted by molar-refractivity contribution is 6.70. The third-order valence-corrected chi connectivity index (χ3v) is 8.15. The van der Waals surface area contributed by atoms with Crippen LogP contribution in [0.15, 0.2) is 0 Å². The predicted molar refractivity (Wildman–Crippen MR) is 77.5 cm³/mol. The maximum atomic E-state index is 6.24. The molecule has 2 heterocycles. The second-order valence-electron chi connectivity index (χ2n) is 5.22. The molecular weight excluding hydrogens is 276 g/mol. The molecule has 118 valence electrons. The van der Waals surface area contributed by atoms with E-state index in [1.807, 2.05) is 20.8 Å². The van der Waals surface area contributed by atoms with Gasteiger partial charge in [-0.15, -0.1) is 0 Å². The largest absolute Gasteiger partial charge is 0.399 e. The van der Waals surface area contributed by atoms with E-state index in [4.69, 9.17) is 23.1 Å². The van der Waals surface area contributed by atoms with Crippen molar-refractivity contribution in [2.45, 2.75) is 64.2 Å². The van der Waals surface area contributed by atoms with Crippen LogP contribution in [0.2, 0.25) is 6.04 Å². The van der Waals surface area contributed by atoms with Gasteiger partial charge < -0.3 is 23.1 Å². The van der Waals surface area contributed by atoms with E-state index in [-0.39, 0.29) is 6.29 Å². The first-order valence-electron chi connectivity index (χ1n) is 7.93. The fourth-order valence-corrected chi connectivity index (χ4v) is 7.16. The minimum absolute atomic E-state index is 0.160. The van der Waals surface area contributed by atoms with Crippen LogP contribution in [0, 0.1) is 0 Å². The van der Waals surface area contributed by atoms with Crippen LogP contribution in [0.4, 0.5) is 0 Å². The summed E-state index contributed by atoms with van der Waals surface area (Å²) in [6.45, 7) is 8.66. The quantitative estimate of drug-likeness (QED) is 0.510. The molecule has 6 heteroatoms. The van der Waals surface area contributed by atoms with Crippen LogP contribution in [0.25, 0.3) is 0 Å². The zero-order valence-corrected chi connectivity index (χ0v) is 14.0. The summed E-state index contributed by atoms with van der Waals surface area (Å²) in [6, 6.07) is 0.932. The fraction of sp³-hybridized carbons (Fsp3) is 1.00. The van der Waals surface area contributed by atoms with Crippen molar-refractivity contribution in [2.75, 3.05) is 26.4 Å². The molecule has 0 spiro atoms. The van der Waals surface area contributed by atoms with Gasteiger partial charge in [-0.1, -0.05) is 6.42 Å². The van der Waals surface area contributed by atoms with Gasteiger partial charge in [0.25, 0.3) is 0 Å². The van der Waals surface area contributed by atoms with Crippen molar-refractivity contribution in [1.82, 2.24) is 0 Å². The van der Waals surface area contributed by atoms with Gasteiger partial charge in [-0.25, -0.2) is 0 Å². The number of hydrogen-bond acceptors (Lipinski definition) is 5. The van der Waals surface area contributed by atoms with Crippen LogP contribution in [0.5, 0.6) is 0 Å². The summed E-state index contributed by atoms with van der Waals surface area (Å²) in [5, 5.41) is 0. The topological polar surface area (TPSA) is 46.2 Å². The van der Waals surface area contributed by atoms with Crippen molar-refractivity contribution in [3.05, 3.63) is 0 Å². The summed E-state index contributed by atoms with van der Waals surface area (Å²) < 4.78 is 30.1. The smallest absolute Gasteiger partial charge is 0.392 e. The zero-order chi connectivity index (χ0) is 14.5. The van der Waals surface area contributed by atoms with E-state index in [1.54, 1.807) is 0 Å². The highest BCUT2D eigenvalue weighted by Crippen LogP contribution is 2.43. The van der Waals surface area contributed by atoms with Crippen molar-refractivity contribution in [3.8, 4) is 0 Å². The molecule has 2 atom stereocenters. The van der Waals surface area contributed by atoms with Crippen LogP contribution in [-0.2, 0) is 23.1 Å². The molecule has 2 aliphatic rings. The molecule has 2 saturated heterocycles. The zero-order valence-electron chi connectivity index (χ0n) is 13.0. The van der Waals surface area contributed by atoms with Crippen molar-refractivity contribution in [1.29, 1.82) is 0 Å². The van der Waals surface area contributed by atoms with E-state index in [0.29, 0.717) is 19.8 Å². The predicted octanol–water partition coefficient (Wildman–Crippen LogP) is 2.72. The summed E-state index contributed by atoms with van der Waals surface area (Å²) in [4.78, 5) is 0. The van der Waals surface area contributed by atoms with E-state index < -0.39 is 14.0 Å². The first kappa shape index (κ1) is 16.4. The van der Waals surface area contributed by atoms with Crippen molar-refractivity contribution in [3.63, 3.8) is 0 Å². The summed E-state index contributed by atoms with van der Waals surface area (Å²) in [5.74, 6) is 0. The average Bonchev–Trinajstić information content (AvgIpc) is 2.38. The molecule has 20 heavy (non-hydrogen) atoms. The molecule has 0 N–H and O–H groups in total. The lowest BCUT2D eigenvalue weighted by Crippen LogP contribution is -2.68. The third kappa shape index (κ3) is 3.10. The molecular formula is C14H28O5Si. The normalized spacial score (nSPS) is 32.9. The Kier molecular flexibility index (Phi) is 6.01. The van der Waals surface area contributed by atoms with Gasteiger partial charge in [0, 0.05) is 32.7 Å². The van der Waals surface area contributed by atoms with Gasteiger partial charge in [0.05, 0.1) is 6.61 Å². The second kappa shape index (κ2) is 7.33. The molecule has 0 saturated carbocycles. The Labute approximate surface area is 123 Å². The van der Waals surface area contributed by atoms with Crippen LogP contribution >= 0.6 is 0 Å². The molecule has 0 bridgehead atoms. The Balaban J connectivity index is 2.24. The highest BCUT2D eigenvalue weighted by atomic mass is 28.4. The van der Waals surface area contributed by atoms with E-state index in [0.717, 1.165) is 38.3 Å².